The highest BCUT2D eigenvalue weighted by molar-refractivity contribution is 4.98. The van der Waals surface area contributed by atoms with E-state index in [4.69, 9.17) is 14.2 Å². The molecule has 1 aliphatic carbocycles. The van der Waals surface area contributed by atoms with Crippen LogP contribution in [0.25, 0.3) is 0 Å². The van der Waals surface area contributed by atoms with Crippen LogP contribution in [0.2, 0.25) is 0 Å². The van der Waals surface area contributed by atoms with Gasteiger partial charge in [-0.15, -0.1) is 0 Å². The predicted molar refractivity (Wildman–Crippen MR) is 70.5 cm³/mol. The third-order valence-corrected chi connectivity index (χ3v) is 4.73. The van der Waals surface area contributed by atoms with Gasteiger partial charge in [-0.1, -0.05) is 6.42 Å². The van der Waals surface area contributed by atoms with Crippen LogP contribution in [0.15, 0.2) is 0 Å². The van der Waals surface area contributed by atoms with E-state index in [0.717, 1.165) is 13.2 Å². The average Bonchev–Trinajstić information content (AvgIpc) is 2.74. The zero-order valence-electron chi connectivity index (χ0n) is 11.9. The Kier molecular flexibility index (Phi) is 5.01. The highest BCUT2D eigenvalue weighted by Gasteiger charge is 2.44. The first-order valence-corrected chi connectivity index (χ1v) is 7.11. The lowest BCUT2D eigenvalue weighted by Gasteiger charge is -2.41. The molecule has 1 N–H and O–H groups in total. The lowest BCUT2D eigenvalue weighted by atomic mass is 9.75. The van der Waals surface area contributed by atoms with Crippen molar-refractivity contribution < 1.29 is 14.2 Å². The Morgan fingerprint density at radius 1 is 1.17 bits per heavy atom. The van der Waals surface area contributed by atoms with E-state index in [0.29, 0.717) is 11.5 Å². The molecule has 1 saturated carbocycles. The third-order valence-electron chi connectivity index (χ3n) is 4.73. The quantitative estimate of drug-likeness (QED) is 0.764. The molecule has 0 amide bonds. The number of methoxy groups -OCH3 is 2. The van der Waals surface area contributed by atoms with Gasteiger partial charge in [0.05, 0.1) is 6.04 Å². The first kappa shape index (κ1) is 14.3. The smallest absolute Gasteiger partial charge is 0.171 e. The van der Waals surface area contributed by atoms with Crippen molar-refractivity contribution in [2.75, 3.05) is 27.4 Å². The lowest BCUT2D eigenvalue weighted by molar-refractivity contribution is -0.124. The Balaban J connectivity index is 1.94. The third kappa shape index (κ3) is 2.87. The van der Waals surface area contributed by atoms with E-state index in [-0.39, 0.29) is 12.3 Å². The van der Waals surface area contributed by atoms with Gasteiger partial charge in [-0.05, 0) is 38.0 Å². The SMILES string of the molecule is COC(OC)C(C)NC1CCCC12CCOCC2. The van der Waals surface area contributed by atoms with Gasteiger partial charge >= 0.3 is 0 Å². The summed E-state index contributed by atoms with van der Waals surface area (Å²) in [5.41, 5.74) is 0.457. The van der Waals surface area contributed by atoms with Crippen LogP contribution in [0.4, 0.5) is 0 Å². The summed E-state index contributed by atoms with van der Waals surface area (Å²) in [5, 5.41) is 3.74. The molecule has 2 aliphatic rings. The minimum Gasteiger partial charge on any atom is -0.381 e. The molecule has 4 nitrogen and oxygen atoms in total. The summed E-state index contributed by atoms with van der Waals surface area (Å²) in [6.45, 7) is 3.98. The van der Waals surface area contributed by atoms with Gasteiger partial charge in [0, 0.05) is 33.5 Å². The summed E-state index contributed by atoms with van der Waals surface area (Å²) in [4.78, 5) is 0. The molecule has 0 radical (unpaired) electrons. The second-order valence-electron chi connectivity index (χ2n) is 5.71. The maximum Gasteiger partial charge on any atom is 0.171 e. The van der Waals surface area contributed by atoms with Crippen molar-refractivity contribution in [2.24, 2.45) is 5.41 Å². The van der Waals surface area contributed by atoms with Crippen LogP contribution < -0.4 is 5.32 Å². The fraction of sp³-hybridized carbons (Fsp3) is 1.00. The Labute approximate surface area is 110 Å². The van der Waals surface area contributed by atoms with Gasteiger partial charge in [-0.25, -0.2) is 0 Å². The summed E-state index contributed by atoms with van der Waals surface area (Å²) in [7, 11) is 3.40. The van der Waals surface area contributed by atoms with Crippen LogP contribution in [-0.2, 0) is 14.2 Å². The Morgan fingerprint density at radius 2 is 1.83 bits per heavy atom. The fourth-order valence-corrected chi connectivity index (χ4v) is 3.68. The Hall–Kier alpha value is -0.160. The molecule has 2 atom stereocenters. The van der Waals surface area contributed by atoms with Crippen molar-refractivity contribution in [3.8, 4) is 0 Å². The summed E-state index contributed by atoms with van der Waals surface area (Å²) in [6, 6.07) is 0.812. The molecule has 4 heteroatoms. The normalized spacial score (nSPS) is 29.0. The number of nitrogens with one attached hydrogen (secondary N) is 1. The van der Waals surface area contributed by atoms with E-state index in [1.54, 1.807) is 14.2 Å². The maximum atomic E-state index is 5.52. The van der Waals surface area contributed by atoms with Crippen LogP contribution in [0.1, 0.15) is 39.0 Å². The second kappa shape index (κ2) is 6.33. The fourth-order valence-electron chi connectivity index (χ4n) is 3.68. The van der Waals surface area contributed by atoms with E-state index >= 15 is 0 Å². The van der Waals surface area contributed by atoms with Gasteiger partial charge in [0.25, 0.3) is 0 Å². The maximum absolute atomic E-state index is 5.52. The first-order valence-electron chi connectivity index (χ1n) is 7.11. The van der Waals surface area contributed by atoms with Crippen molar-refractivity contribution in [3.05, 3.63) is 0 Å². The molecule has 1 heterocycles. The largest absolute Gasteiger partial charge is 0.381 e. The van der Waals surface area contributed by atoms with Crippen molar-refractivity contribution in [3.63, 3.8) is 0 Å². The topological polar surface area (TPSA) is 39.7 Å². The lowest BCUT2D eigenvalue weighted by Crippen LogP contribution is -2.51. The van der Waals surface area contributed by atoms with Gasteiger partial charge in [-0.3, -0.25) is 0 Å². The second-order valence-corrected chi connectivity index (χ2v) is 5.71. The van der Waals surface area contributed by atoms with E-state index in [2.05, 4.69) is 12.2 Å². The van der Waals surface area contributed by atoms with Crippen LogP contribution >= 0.6 is 0 Å². The Morgan fingerprint density at radius 3 is 2.44 bits per heavy atom. The number of hydrogen-bond donors (Lipinski definition) is 1. The van der Waals surface area contributed by atoms with Gasteiger partial charge in [0.2, 0.25) is 0 Å². The molecule has 0 bridgehead atoms. The summed E-state index contributed by atoms with van der Waals surface area (Å²) in [5.74, 6) is 0. The molecule has 0 aromatic carbocycles. The van der Waals surface area contributed by atoms with Crippen molar-refractivity contribution in [1.82, 2.24) is 5.32 Å². The molecule has 2 rings (SSSR count). The standard InChI is InChI=1S/C14H27NO3/c1-11(13(16-2)17-3)15-12-5-4-6-14(12)7-9-18-10-8-14/h11-13,15H,4-10H2,1-3H3. The zero-order chi connectivity index (χ0) is 13.0. The van der Waals surface area contributed by atoms with Crippen molar-refractivity contribution >= 4 is 0 Å². The molecule has 1 aliphatic heterocycles. The van der Waals surface area contributed by atoms with Crippen molar-refractivity contribution in [2.45, 2.75) is 57.4 Å². The van der Waals surface area contributed by atoms with Crippen LogP contribution in [0.3, 0.4) is 0 Å². The first-order chi connectivity index (χ1) is 8.72. The molecule has 2 fully saturated rings. The average molecular weight is 257 g/mol. The highest BCUT2D eigenvalue weighted by Crippen LogP contribution is 2.46. The zero-order valence-corrected chi connectivity index (χ0v) is 11.9. The molecular formula is C14H27NO3. The number of hydrogen-bond acceptors (Lipinski definition) is 4. The molecule has 1 saturated heterocycles. The van der Waals surface area contributed by atoms with E-state index in [1.165, 1.54) is 32.1 Å². The Bertz CT molecular complexity index is 249. The van der Waals surface area contributed by atoms with Gasteiger partial charge in [0.1, 0.15) is 0 Å². The summed E-state index contributed by atoms with van der Waals surface area (Å²) < 4.78 is 16.2. The monoisotopic (exact) mass is 257 g/mol. The summed E-state index contributed by atoms with van der Waals surface area (Å²) >= 11 is 0. The molecule has 0 aromatic rings. The van der Waals surface area contributed by atoms with E-state index in [1.807, 2.05) is 0 Å². The van der Waals surface area contributed by atoms with Crippen LogP contribution in [0, 0.1) is 5.41 Å². The van der Waals surface area contributed by atoms with Crippen LogP contribution in [-0.4, -0.2) is 45.8 Å². The molecule has 106 valence electrons. The molecule has 0 aromatic heterocycles. The van der Waals surface area contributed by atoms with Crippen LogP contribution in [0.5, 0.6) is 0 Å². The molecule has 1 spiro atoms. The predicted octanol–water partition coefficient (Wildman–Crippen LogP) is 1.93. The van der Waals surface area contributed by atoms with Crippen molar-refractivity contribution in [1.29, 1.82) is 0 Å². The van der Waals surface area contributed by atoms with E-state index < -0.39 is 0 Å². The van der Waals surface area contributed by atoms with Gasteiger partial charge in [-0.2, -0.15) is 0 Å². The summed E-state index contributed by atoms with van der Waals surface area (Å²) in [6.07, 6.45) is 6.16. The molecular weight excluding hydrogens is 230 g/mol. The highest BCUT2D eigenvalue weighted by atomic mass is 16.7. The van der Waals surface area contributed by atoms with Gasteiger partial charge < -0.3 is 19.5 Å². The van der Waals surface area contributed by atoms with E-state index in [9.17, 15) is 0 Å². The van der Waals surface area contributed by atoms with Gasteiger partial charge in [0.15, 0.2) is 6.29 Å². The minimum absolute atomic E-state index is 0.164. The number of ether oxygens (including phenoxy) is 3. The number of rotatable bonds is 5. The molecule has 18 heavy (non-hydrogen) atoms. The molecule has 2 unspecified atom stereocenters. The minimum atomic E-state index is -0.164.